The molecule has 0 unspecified atom stereocenters. The summed E-state index contributed by atoms with van der Waals surface area (Å²) in [5, 5.41) is 0. The molecule has 0 saturated carbocycles. The smallest absolute Gasteiger partial charge is 0.228 e. The van der Waals surface area contributed by atoms with Gasteiger partial charge in [-0.25, -0.2) is 0 Å². The summed E-state index contributed by atoms with van der Waals surface area (Å²) < 4.78 is 5.72. The van der Waals surface area contributed by atoms with Crippen LogP contribution in [0.1, 0.15) is 19.4 Å². The molecule has 1 aliphatic heterocycles. The molecule has 0 radical (unpaired) electrons. The Kier molecular flexibility index (Phi) is 6.82. The Balaban J connectivity index is 2.17. The molecule has 1 aromatic rings. The molecule has 6 heteroatoms. The van der Waals surface area contributed by atoms with Crippen molar-refractivity contribution in [2.24, 2.45) is 5.92 Å². The lowest BCUT2D eigenvalue weighted by molar-refractivity contribution is -0.135. The normalized spacial score (nSPS) is 18.6. The van der Waals surface area contributed by atoms with E-state index in [2.05, 4.69) is 11.0 Å². The maximum atomic E-state index is 12.5. The first-order chi connectivity index (χ1) is 11.9. The molecule has 0 spiro atoms. The molecule has 2 amide bonds. The van der Waals surface area contributed by atoms with Crippen molar-refractivity contribution in [2.45, 2.75) is 20.4 Å². The second-order valence-electron chi connectivity index (χ2n) is 6.67. The van der Waals surface area contributed by atoms with E-state index < -0.39 is 0 Å². The number of carbonyl (C=O) groups excluding carboxylic acids is 2. The highest BCUT2D eigenvalue weighted by molar-refractivity contribution is 5.80. The van der Waals surface area contributed by atoms with Gasteiger partial charge in [0.25, 0.3) is 0 Å². The summed E-state index contributed by atoms with van der Waals surface area (Å²) in [6, 6.07) is 8.00. The van der Waals surface area contributed by atoms with Crippen LogP contribution in [0, 0.1) is 5.92 Å². The fourth-order valence-electron chi connectivity index (χ4n) is 3.20. The average Bonchev–Trinajstić information content (AvgIpc) is 2.79. The molecule has 25 heavy (non-hydrogen) atoms. The van der Waals surface area contributed by atoms with Crippen LogP contribution in [0.3, 0.4) is 0 Å². The van der Waals surface area contributed by atoms with Crippen molar-refractivity contribution in [3.05, 3.63) is 29.8 Å². The molecular weight excluding hydrogens is 318 g/mol. The molecule has 0 bridgehead atoms. The Morgan fingerprint density at radius 1 is 1.20 bits per heavy atom. The molecular formula is C19H29N3O3. The summed E-state index contributed by atoms with van der Waals surface area (Å²) in [5.41, 5.74) is 1.11. The van der Waals surface area contributed by atoms with Crippen LogP contribution in [0.25, 0.3) is 0 Å². The van der Waals surface area contributed by atoms with Crippen molar-refractivity contribution >= 4 is 11.8 Å². The van der Waals surface area contributed by atoms with Gasteiger partial charge in [0.05, 0.1) is 12.5 Å². The second-order valence-corrected chi connectivity index (χ2v) is 6.67. The van der Waals surface area contributed by atoms with Gasteiger partial charge in [0.15, 0.2) is 0 Å². The van der Waals surface area contributed by atoms with E-state index in [1.165, 1.54) is 0 Å². The van der Waals surface area contributed by atoms with Gasteiger partial charge >= 0.3 is 0 Å². The number of amides is 2. The van der Waals surface area contributed by atoms with E-state index in [-0.39, 0.29) is 17.7 Å². The van der Waals surface area contributed by atoms with E-state index in [1.807, 2.05) is 25.1 Å². The van der Waals surface area contributed by atoms with Crippen molar-refractivity contribution in [2.75, 3.05) is 46.9 Å². The van der Waals surface area contributed by atoms with Crippen molar-refractivity contribution in [1.82, 2.24) is 14.7 Å². The molecule has 1 atom stereocenters. The summed E-state index contributed by atoms with van der Waals surface area (Å²) >= 11 is 0. The summed E-state index contributed by atoms with van der Waals surface area (Å²) in [6.07, 6.45) is 0. The highest BCUT2D eigenvalue weighted by Crippen LogP contribution is 2.22. The molecule has 1 aromatic carbocycles. The number of hydrogen-bond acceptors (Lipinski definition) is 4. The van der Waals surface area contributed by atoms with Gasteiger partial charge in [0.1, 0.15) is 5.75 Å². The minimum Gasteiger partial charge on any atom is -0.494 e. The highest BCUT2D eigenvalue weighted by atomic mass is 16.5. The molecule has 6 nitrogen and oxygen atoms in total. The Bertz CT molecular complexity index is 603. The second kappa shape index (κ2) is 8.85. The number of hydrogen-bond donors (Lipinski definition) is 0. The summed E-state index contributed by atoms with van der Waals surface area (Å²) in [6.45, 7) is 7.38. The maximum absolute atomic E-state index is 12.5. The third kappa shape index (κ3) is 5.19. The molecule has 1 aliphatic rings. The first-order valence-electron chi connectivity index (χ1n) is 8.82. The minimum atomic E-state index is -0.208. The fourth-order valence-corrected chi connectivity index (χ4v) is 3.20. The monoisotopic (exact) mass is 347 g/mol. The Hall–Kier alpha value is -2.08. The van der Waals surface area contributed by atoms with Gasteiger partial charge in [-0.2, -0.15) is 0 Å². The number of ether oxygens (including phenoxy) is 1. The van der Waals surface area contributed by atoms with Crippen LogP contribution in [0.4, 0.5) is 0 Å². The number of benzene rings is 1. The maximum Gasteiger partial charge on any atom is 0.228 e. The lowest BCUT2D eigenvalue weighted by atomic mass is 10.1. The SMILES string of the molecule is CCOc1ccccc1CN1CCN(C(C)=O)C[C@H](C(=O)N(C)C)C1. The van der Waals surface area contributed by atoms with E-state index in [4.69, 9.17) is 4.74 Å². The van der Waals surface area contributed by atoms with Crippen LogP contribution in [-0.2, 0) is 16.1 Å². The Labute approximate surface area is 150 Å². The number of para-hydroxylation sites is 1. The molecule has 1 heterocycles. The summed E-state index contributed by atoms with van der Waals surface area (Å²) in [4.78, 5) is 30.0. The third-order valence-corrected chi connectivity index (χ3v) is 4.51. The molecule has 0 aliphatic carbocycles. The number of carbonyl (C=O) groups is 2. The summed E-state index contributed by atoms with van der Waals surface area (Å²) in [7, 11) is 3.53. The predicted molar refractivity (Wildman–Crippen MR) is 97.3 cm³/mol. The van der Waals surface area contributed by atoms with Crippen molar-refractivity contribution in [1.29, 1.82) is 0 Å². The quantitative estimate of drug-likeness (QED) is 0.809. The Morgan fingerprint density at radius 2 is 1.92 bits per heavy atom. The van der Waals surface area contributed by atoms with Gasteiger partial charge < -0.3 is 14.5 Å². The minimum absolute atomic E-state index is 0.0214. The molecule has 1 fully saturated rings. The van der Waals surface area contributed by atoms with E-state index >= 15 is 0 Å². The molecule has 2 rings (SSSR count). The lowest BCUT2D eigenvalue weighted by Gasteiger charge is -2.26. The molecule has 1 saturated heterocycles. The zero-order chi connectivity index (χ0) is 18.4. The van der Waals surface area contributed by atoms with Crippen LogP contribution in [0.15, 0.2) is 24.3 Å². The van der Waals surface area contributed by atoms with Gasteiger partial charge in [-0.05, 0) is 13.0 Å². The van der Waals surface area contributed by atoms with Gasteiger partial charge in [-0.3, -0.25) is 14.5 Å². The fraction of sp³-hybridized carbons (Fsp3) is 0.579. The van der Waals surface area contributed by atoms with Crippen molar-refractivity contribution in [3.8, 4) is 5.75 Å². The van der Waals surface area contributed by atoms with Gasteiger partial charge in [-0.1, -0.05) is 18.2 Å². The first kappa shape index (κ1) is 19.2. The van der Waals surface area contributed by atoms with Crippen LogP contribution in [-0.4, -0.2) is 73.4 Å². The van der Waals surface area contributed by atoms with Crippen molar-refractivity contribution in [3.63, 3.8) is 0 Å². The van der Waals surface area contributed by atoms with E-state index in [1.54, 1.807) is 30.8 Å². The molecule has 0 N–H and O–H groups in total. The topological polar surface area (TPSA) is 53.1 Å². The van der Waals surface area contributed by atoms with E-state index in [0.29, 0.717) is 32.8 Å². The largest absolute Gasteiger partial charge is 0.494 e. The molecule has 0 aromatic heterocycles. The molecule has 138 valence electrons. The van der Waals surface area contributed by atoms with E-state index in [0.717, 1.165) is 17.9 Å². The van der Waals surface area contributed by atoms with Gasteiger partial charge in [-0.15, -0.1) is 0 Å². The first-order valence-corrected chi connectivity index (χ1v) is 8.82. The van der Waals surface area contributed by atoms with Crippen LogP contribution < -0.4 is 4.74 Å². The third-order valence-electron chi connectivity index (χ3n) is 4.51. The van der Waals surface area contributed by atoms with Crippen LogP contribution in [0.5, 0.6) is 5.75 Å². The lowest BCUT2D eigenvalue weighted by Crippen LogP contribution is -2.41. The van der Waals surface area contributed by atoms with Crippen LogP contribution >= 0.6 is 0 Å². The zero-order valence-corrected chi connectivity index (χ0v) is 15.7. The van der Waals surface area contributed by atoms with Gasteiger partial charge in [0.2, 0.25) is 11.8 Å². The summed E-state index contributed by atoms with van der Waals surface area (Å²) in [5.74, 6) is 0.762. The average molecular weight is 347 g/mol. The predicted octanol–water partition coefficient (Wildman–Crippen LogP) is 1.45. The highest BCUT2D eigenvalue weighted by Gasteiger charge is 2.30. The standard InChI is InChI=1S/C19H29N3O3/c1-5-25-18-9-7-6-8-16(18)12-21-10-11-22(15(2)23)14-17(13-21)19(24)20(3)4/h6-9,17H,5,10-14H2,1-4H3/t17-/m1/s1. The van der Waals surface area contributed by atoms with Crippen molar-refractivity contribution < 1.29 is 14.3 Å². The van der Waals surface area contributed by atoms with Crippen LogP contribution in [0.2, 0.25) is 0 Å². The van der Waals surface area contributed by atoms with E-state index in [9.17, 15) is 9.59 Å². The number of nitrogens with zero attached hydrogens (tertiary/aromatic N) is 3. The Morgan fingerprint density at radius 3 is 2.56 bits per heavy atom. The van der Waals surface area contributed by atoms with Gasteiger partial charge in [0, 0.05) is 59.3 Å². The number of rotatable bonds is 5. The zero-order valence-electron chi connectivity index (χ0n) is 15.7.